The van der Waals surface area contributed by atoms with Crippen LogP contribution in [0.3, 0.4) is 0 Å². The molecule has 0 saturated carbocycles. The summed E-state index contributed by atoms with van der Waals surface area (Å²) in [7, 11) is 0. The molecule has 0 aliphatic heterocycles. The van der Waals surface area contributed by atoms with Crippen molar-refractivity contribution in [1.29, 1.82) is 0 Å². The Morgan fingerprint density at radius 2 is 2.18 bits per heavy atom. The molecule has 4 heteroatoms. The van der Waals surface area contributed by atoms with Gasteiger partial charge in [0, 0.05) is 9.93 Å². The van der Waals surface area contributed by atoms with Crippen LogP contribution in [0.4, 0.5) is 0 Å². The molecule has 0 aromatic heterocycles. The van der Waals surface area contributed by atoms with Gasteiger partial charge in [-0.05, 0) is 25.5 Å². The van der Waals surface area contributed by atoms with Crippen LogP contribution in [-0.2, 0) is 4.79 Å². The zero-order chi connectivity index (χ0) is 12.8. The first-order valence-corrected chi connectivity index (χ1v) is 6.65. The van der Waals surface area contributed by atoms with Crippen molar-refractivity contribution < 1.29 is 4.79 Å². The lowest BCUT2D eigenvalue weighted by atomic mass is 10.2. The molecular weight excluding hydrogens is 254 g/mol. The van der Waals surface area contributed by atoms with Crippen LogP contribution >= 0.6 is 23.4 Å². The molecule has 0 heterocycles. The van der Waals surface area contributed by atoms with Gasteiger partial charge in [-0.25, -0.2) is 0 Å². The summed E-state index contributed by atoms with van der Waals surface area (Å²) in [5.74, 6) is 0.367. The average molecular weight is 270 g/mol. The molecule has 0 saturated heterocycles. The molecule has 0 aliphatic carbocycles. The Bertz CT molecular complexity index is 431. The van der Waals surface area contributed by atoms with Crippen molar-refractivity contribution in [2.75, 3.05) is 12.3 Å². The van der Waals surface area contributed by atoms with E-state index < -0.39 is 0 Å². The Balaban J connectivity index is 2.47. The maximum Gasteiger partial charge on any atom is 0.230 e. The lowest BCUT2D eigenvalue weighted by molar-refractivity contribution is -0.118. The predicted molar refractivity (Wildman–Crippen MR) is 74.6 cm³/mol. The fourth-order valence-electron chi connectivity index (χ4n) is 1.25. The van der Waals surface area contributed by atoms with Gasteiger partial charge in [0.05, 0.1) is 12.3 Å². The molecular formula is C13H16ClNOS. The minimum atomic E-state index is -0.0299. The number of hydrogen-bond acceptors (Lipinski definition) is 2. The fourth-order valence-corrected chi connectivity index (χ4v) is 2.27. The van der Waals surface area contributed by atoms with E-state index >= 15 is 0 Å². The Morgan fingerprint density at radius 3 is 2.82 bits per heavy atom. The van der Waals surface area contributed by atoms with E-state index in [-0.39, 0.29) is 5.91 Å². The molecule has 1 N–H and O–H groups in total. The van der Waals surface area contributed by atoms with Crippen LogP contribution in [0.15, 0.2) is 34.7 Å². The molecule has 17 heavy (non-hydrogen) atoms. The first kappa shape index (κ1) is 14.1. The van der Waals surface area contributed by atoms with Crippen LogP contribution in [0.25, 0.3) is 0 Å². The zero-order valence-corrected chi connectivity index (χ0v) is 11.6. The van der Waals surface area contributed by atoms with Crippen molar-refractivity contribution in [3.63, 3.8) is 0 Å². The van der Waals surface area contributed by atoms with Crippen molar-refractivity contribution in [3.8, 4) is 0 Å². The van der Waals surface area contributed by atoms with Crippen molar-refractivity contribution in [2.24, 2.45) is 0 Å². The van der Waals surface area contributed by atoms with E-state index in [0.717, 1.165) is 4.90 Å². The summed E-state index contributed by atoms with van der Waals surface area (Å²) in [6, 6.07) is 6.22. The smallest absolute Gasteiger partial charge is 0.230 e. The fraction of sp³-hybridized carbons (Fsp3) is 0.308. The molecule has 0 bridgehead atoms. The Kier molecular flexibility index (Phi) is 5.59. The van der Waals surface area contributed by atoms with Crippen LogP contribution in [-0.4, -0.2) is 18.2 Å². The van der Waals surface area contributed by atoms with E-state index in [2.05, 4.69) is 30.1 Å². The number of halogens is 1. The molecule has 1 aromatic carbocycles. The quantitative estimate of drug-likeness (QED) is 0.832. The summed E-state index contributed by atoms with van der Waals surface area (Å²) in [5.41, 5.74) is 2.39. The number of nitrogens with one attached hydrogen (secondary N) is 1. The highest BCUT2D eigenvalue weighted by Gasteiger charge is 2.05. The zero-order valence-electron chi connectivity index (χ0n) is 10.0. The molecule has 0 atom stereocenters. The predicted octanol–water partition coefficient (Wildman–Crippen LogP) is 3.26. The molecule has 1 amide bonds. The second-order valence-corrected chi connectivity index (χ2v) is 5.40. The summed E-state index contributed by atoms with van der Waals surface area (Å²) in [4.78, 5) is 12.6. The third-order valence-electron chi connectivity index (χ3n) is 2.18. The number of carbonyl (C=O) groups is 1. The summed E-state index contributed by atoms with van der Waals surface area (Å²) >= 11 is 7.11. The van der Waals surface area contributed by atoms with Crippen LogP contribution in [0, 0.1) is 13.8 Å². The third-order valence-corrected chi connectivity index (χ3v) is 3.47. The normalized spacial score (nSPS) is 10.1. The Labute approximate surface area is 111 Å². The number of amides is 1. The lowest BCUT2D eigenvalue weighted by Gasteiger charge is -2.07. The second kappa shape index (κ2) is 6.72. The largest absolute Gasteiger partial charge is 0.350 e. The molecule has 1 rings (SSSR count). The summed E-state index contributed by atoms with van der Waals surface area (Å²) in [5, 5.41) is 3.14. The molecule has 92 valence electrons. The van der Waals surface area contributed by atoms with E-state index in [4.69, 9.17) is 11.6 Å². The Hall–Kier alpha value is -0.930. The standard InChI is InChI=1S/C13H16ClNOS/c1-9-4-5-10(2)12(6-9)17-8-13(16)15-7-11(3)14/h4-6H,3,7-8H2,1-2H3,(H,15,16). The van der Waals surface area contributed by atoms with Crippen LogP contribution in [0.1, 0.15) is 11.1 Å². The van der Waals surface area contributed by atoms with Gasteiger partial charge in [-0.2, -0.15) is 0 Å². The van der Waals surface area contributed by atoms with E-state index in [1.165, 1.54) is 22.9 Å². The van der Waals surface area contributed by atoms with E-state index in [0.29, 0.717) is 17.3 Å². The minimum Gasteiger partial charge on any atom is -0.350 e. The van der Waals surface area contributed by atoms with Gasteiger partial charge in [-0.15, -0.1) is 11.8 Å². The molecule has 0 unspecified atom stereocenters. The number of rotatable bonds is 5. The molecule has 2 nitrogen and oxygen atoms in total. The molecule has 0 fully saturated rings. The maximum atomic E-state index is 11.5. The molecule has 1 aromatic rings. The van der Waals surface area contributed by atoms with Gasteiger partial charge in [0.2, 0.25) is 5.91 Å². The van der Waals surface area contributed by atoms with Gasteiger partial charge < -0.3 is 5.32 Å². The average Bonchev–Trinajstić information content (AvgIpc) is 2.27. The maximum absolute atomic E-state index is 11.5. The lowest BCUT2D eigenvalue weighted by Crippen LogP contribution is -2.26. The minimum absolute atomic E-state index is 0.0299. The van der Waals surface area contributed by atoms with Gasteiger partial charge in [0.1, 0.15) is 0 Å². The van der Waals surface area contributed by atoms with Crippen LogP contribution in [0.5, 0.6) is 0 Å². The van der Waals surface area contributed by atoms with Gasteiger partial charge >= 0.3 is 0 Å². The third kappa shape index (κ3) is 5.29. The summed E-state index contributed by atoms with van der Waals surface area (Å²) in [6.45, 7) is 7.93. The summed E-state index contributed by atoms with van der Waals surface area (Å²) in [6.07, 6.45) is 0. The highest BCUT2D eigenvalue weighted by Crippen LogP contribution is 2.23. The molecule has 0 radical (unpaired) electrons. The van der Waals surface area contributed by atoms with Gasteiger partial charge in [0.25, 0.3) is 0 Å². The van der Waals surface area contributed by atoms with E-state index in [1.807, 2.05) is 13.8 Å². The van der Waals surface area contributed by atoms with Crippen molar-refractivity contribution in [3.05, 3.63) is 40.9 Å². The van der Waals surface area contributed by atoms with Gasteiger partial charge in [-0.3, -0.25) is 4.79 Å². The van der Waals surface area contributed by atoms with Crippen LogP contribution < -0.4 is 5.32 Å². The topological polar surface area (TPSA) is 29.1 Å². The number of benzene rings is 1. The van der Waals surface area contributed by atoms with Gasteiger partial charge in [-0.1, -0.05) is 35.9 Å². The van der Waals surface area contributed by atoms with Gasteiger partial charge in [0.15, 0.2) is 0 Å². The molecule has 0 aliphatic rings. The van der Waals surface area contributed by atoms with Crippen molar-refractivity contribution >= 4 is 29.3 Å². The van der Waals surface area contributed by atoms with Crippen molar-refractivity contribution in [1.82, 2.24) is 5.32 Å². The number of aryl methyl sites for hydroxylation is 2. The highest BCUT2D eigenvalue weighted by atomic mass is 35.5. The second-order valence-electron chi connectivity index (χ2n) is 3.85. The van der Waals surface area contributed by atoms with E-state index in [1.54, 1.807) is 0 Å². The monoisotopic (exact) mass is 269 g/mol. The molecule has 0 spiro atoms. The number of carbonyl (C=O) groups excluding carboxylic acids is 1. The van der Waals surface area contributed by atoms with Crippen molar-refractivity contribution in [2.45, 2.75) is 18.7 Å². The summed E-state index contributed by atoms with van der Waals surface area (Å²) < 4.78 is 0. The Morgan fingerprint density at radius 1 is 1.47 bits per heavy atom. The number of thioether (sulfide) groups is 1. The first-order valence-electron chi connectivity index (χ1n) is 5.29. The highest BCUT2D eigenvalue weighted by molar-refractivity contribution is 8.00. The van der Waals surface area contributed by atoms with Crippen LogP contribution in [0.2, 0.25) is 0 Å². The SMILES string of the molecule is C=C(Cl)CNC(=O)CSc1cc(C)ccc1C. The first-order chi connectivity index (χ1) is 7.99. The number of hydrogen-bond donors (Lipinski definition) is 1. The van der Waals surface area contributed by atoms with E-state index in [9.17, 15) is 4.79 Å².